The van der Waals surface area contributed by atoms with Gasteiger partial charge in [-0.1, -0.05) is 133 Å². The normalized spacial score (nSPS) is 15.9. The fraction of sp³-hybridized carbons (Fsp3) is 0.0392. The van der Waals surface area contributed by atoms with Crippen LogP contribution >= 0.6 is 11.3 Å². The topological polar surface area (TPSA) is 54.5 Å². The molecule has 6 heteroatoms. The van der Waals surface area contributed by atoms with Crippen molar-refractivity contribution in [3.05, 3.63) is 199 Å². The van der Waals surface area contributed by atoms with Crippen LogP contribution in [0.1, 0.15) is 29.0 Å². The number of hydrogen-bond donors (Lipinski definition) is 2. The molecule has 12 rings (SSSR count). The maximum Gasteiger partial charge on any atom is 0.136 e. The molecule has 0 spiro atoms. The lowest BCUT2D eigenvalue weighted by Crippen LogP contribution is -2.44. The number of aliphatic imine (C=N–C) groups is 1. The summed E-state index contributed by atoms with van der Waals surface area (Å²) in [6, 6.07) is 65.0. The lowest BCUT2D eigenvalue weighted by atomic mass is 9.98. The van der Waals surface area contributed by atoms with Crippen LogP contribution in [0.2, 0.25) is 0 Å². The quantitative estimate of drug-likeness (QED) is 0.184. The third kappa shape index (κ3) is 5.22. The van der Waals surface area contributed by atoms with Gasteiger partial charge in [0.05, 0.1) is 11.0 Å². The number of furan rings is 1. The van der Waals surface area contributed by atoms with Crippen molar-refractivity contribution in [3.8, 4) is 16.8 Å². The Hall–Kier alpha value is -6.99. The molecule has 57 heavy (non-hydrogen) atoms. The first-order valence-corrected chi connectivity index (χ1v) is 20.2. The van der Waals surface area contributed by atoms with Gasteiger partial charge in [-0.25, -0.2) is 4.99 Å². The molecular weight excluding hydrogens is 717 g/mol. The number of para-hydroxylation sites is 2. The Labute approximate surface area is 332 Å². The van der Waals surface area contributed by atoms with Gasteiger partial charge in [-0.2, -0.15) is 0 Å². The van der Waals surface area contributed by atoms with Crippen molar-refractivity contribution in [1.29, 1.82) is 0 Å². The highest BCUT2D eigenvalue weighted by Crippen LogP contribution is 2.42. The van der Waals surface area contributed by atoms with E-state index in [0.717, 1.165) is 50.2 Å². The molecule has 0 fully saturated rings. The van der Waals surface area contributed by atoms with Gasteiger partial charge in [0.1, 0.15) is 29.3 Å². The van der Waals surface area contributed by atoms with E-state index in [1.54, 1.807) is 0 Å². The van der Waals surface area contributed by atoms with Gasteiger partial charge >= 0.3 is 0 Å². The number of rotatable bonds is 5. The van der Waals surface area contributed by atoms with E-state index in [-0.39, 0.29) is 12.3 Å². The minimum atomic E-state index is -0.173. The Morgan fingerprint density at radius 1 is 0.509 bits per heavy atom. The molecule has 2 atom stereocenters. The smallest absolute Gasteiger partial charge is 0.136 e. The number of aromatic nitrogens is 1. The summed E-state index contributed by atoms with van der Waals surface area (Å²) < 4.78 is 11.4. The molecule has 270 valence electrons. The lowest BCUT2D eigenvalue weighted by molar-refractivity contribution is 0.409. The molecular formula is C51H34N4OS. The Kier molecular flexibility index (Phi) is 7.24. The monoisotopic (exact) mass is 750 g/mol. The maximum atomic E-state index is 6.51. The van der Waals surface area contributed by atoms with Crippen LogP contribution in [0.25, 0.3) is 80.7 Å². The fourth-order valence-electron chi connectivity index (χ4n) is 8.82. The van der Waals surface area contributed by atoms with Crippen LogP contribution < -0.4 is 10.6 Å². The number of amidine groups is 1. The van der Waals surface area contributed by atoms with Gasteiger partial charge in [0.25, 0.3) is 0 Å². The third-order valence-corrected chi connectivity index (χ3v) is 12.6. The number of thiophene rings is 1. The van der Waals surface area contributed by atoms with E-state index in [1.807, 2.05) is 17.4 Å². The predicted molar refractivity (Wildman–Crippen MR) is 238 cm³/mol. The van der Waals surface area contributed by atoms with Crippen molar-refractivity contribution < 1.29 is 4.42 Å². The van der Waals surface area contributed by atoms with E-state index in [4.69, 9.17) is 9.41 Å². The molecule has 1 aliphatic rings. The Balaban J connectivity index is 0.957. The summed E-state index contributed by atoms with van der Waals surface area (Å²) in [4.78, 5) is 5.20. The summed E-state index contributed by atoms with van der Waals surface area (Å²) >= 11 is 1.83. The molecule has 8 aromatic carbocycles. The highest BCUT2D eigenvalue weighted by Gasteiger charge is 2.26. The molecule has 11 aromatic rings. The molecule has 0 aliphatic carbocycles. The molecule has 5 nitrogen and oxygen atoms in total. The number of nitrogens with one attached hydrogen (secondary N) is 2. The largest absolute Gasteiger partial charge is 0.456 e. The van der Waals surface area contributed by atoms with Crippen LogP contribution in [0.5, 0.6) is 0 Å². The van der Waals surface area contributed by atoms with Gasteiger partial charge in [0.2, 0.25) is 0 Å². The van der Waals surface area contributed by atoms with Crippen LogP contribution in [0.3, 0.4) is 0 Å². The van der Waals surface area contributed by atoms with Crippen LogP contribution in [-0.2, 0) is 0 Å². The van der Waals surface area contributed by atoms with Gasteiger partial charge in [0.15, 0.2) is 0 Å². The fourth-order valence-corrected chi connectivity index (χ4v) is 10.0. The van der Waals surface area contributed by atoms with Crippen molar-refractivity contribution in [2.45, 2.75) is 12.3 Å². The molecule has 4 heterocycles. The summed E-state index contributed by atoms with van der Waals surface area (Å²) in [6.07, 6.45) is -0.252. The SMILES string of the molecule is c1ccc(C2N=C(c3ccc4c(c3)sc3cc(-c5cccc6oc7ccc(-n8c9ccccc9c9ccccc98)cc7c56)ccc34)NC(c3ccccc3)N2)cc1. The van der Waals surface area contributed by atoms with E-state index in [0.29, 0.717) is 0 Å². The van der Waals surface area contributed by atoms with Crippen LogP contribution in [0, 0.1) is 0 Å². The number of nitrogens with zero attached hydrogens (tertiary/aromatic N) is 2. The van der Waals surface area contributed by atoms with Crippen molar-refractivity contribution in [1.82, 2.24) is 15.2 Å². The lowest BCUT2D eigenvalue weighted by Gasteiger charge is -2.32. The zero-order chi connectivity index (χ0) is 37.5. The van der Waals surface area contributed by atoms with Crippen LogP contribution in [0.15, 0.2) is 191 Å². The molecule has 0 amide bonds. The summed E-state index contributed by atoms with van der Waals surface area (Å²) in [6.45, 7) is 0. The molecule has 0 saturated heterocycles. The second-order valence-electron chi connectivity index (χ2n) is 14.8. The molecule has 0 saturated carbocycles. The highest BCUT2D eigenvalue weighted by molar-refractivity contribution is 7.25. The summed E-state index contributed by atoms with van der Waals surface area (Å²) in [5, 5.41) is 14.7. The average Bonchev–Trinajstić information content (AvgIpc) is 3.95. The minimum Gasteiger partial charge on any atom is -0.456 e. The third-order valence-electron chi connectivity index (χ3n) is 11.5. The highest BCUT2D eigenvalue weighted by atomic mass is 32.1. The average molecular weight is 751 g/mol. The Bertz CT molecular complexity index is 3320. The standard InChI is InChI=1S/C51H34N4OS/c1-3-12-31(13-4-1)49-52-50(32-14-5-2-6-15-32)54-51(53-49)34-23-26-40-39-25-22-33(28-46(39)57-47(40)29-34)36-18-11-21-45-48(36)41-30-35(24-27-44(41)56-45)55-42-19-9-7-16-37(42)38-17-8-10-20-43(38)55/h1-30,49-50,52H,(H,53,54). The Morgan fingerprint density at radius 3 is 1.89 bits per heavy atom. The molecule has 3 aromatic heterocycles. The first-order chi connectivity index (χ1) is 28.2. The van der Waals surface area contributed by atoms with Crippen LogP contribution in [-0.4, -0.2) is 10.4 Å². The van der Waals surface area contributed by atoms with E-state index in [1.165, 1.54) is 53.1 Å². The number of fused-ring (bicyclic) bond motifs is 9. The minimum absolute atomic E-state index is 0.0793. The molecule has 2 unspecified atom stereocenters. The summed E-state index contributed by atoms with van der Waals surface area (Å²) in [7, 11) is 0. The second kappa shape index (κ2) is 12.8. The van der Waals surface area contributed by atoms with Gasteiger partial charge in [0, 0.05) is 53.0 Å². The van der Waals surface area contributed by atoms with Gasteiger partial charge < -0.3 is 14.3 Å². The van der Waals surface area contributed by atoms with E-state index >= 15 is 0 Å². The zero-order valence-corrected chi connectivity index (χ0v) is 31.5. The van der Waals surface area contributed by atoms with Gasteiger partial charge in [-0.15, -0.1) is 11.3 Å². The van der Waals surface area contributed by atoms with E-state index in [9.17, 15) is 0 Å². The second-order valence-corrected chi connectivity index (χ2v) is 15.9. The molecule has 0 radical (unpaired) electrons. The number of benzene rings is 8. The summed E-state index contributed by atoms with van der Waals surface area (Å²) in [5.74, 6) is 0.885. The van der Waals surface area contributed by atoms with Crippen LogP contribution in [0.4, 0.5) is 0 Å². The first-order valence-electron chi connectivity index (χ1n) is 19.3. The van der Waals surface area contributed by atoms with Gasteiger partial charge in [-0.05, 0) is 70.8 Å². The Morgan fingerprint density at radius 2 is 1.16 bits per heavy atom. The first kappa shape index (κ1) is 32.3. The van der Waals surface area contributed by atoms with Crippen molar-refractivity contribution in [2.24, 2.45) is 4.99 Å². The number of hydrogen-bond acceptors (Lipinski definition) is 5. The summed E-state index contributed by atoms with van der Waals surface area (Å²) in [5.41, 5.74) is 11.0. The van der Waals surface area contributed by atoms with E-state index in [2.05, 4.69) is 191 Å². The maximum absolute atomic E-state index is 6.51. The van der Waals surface area contributed by atoms with Crippen molar-refractivity contribution in [2.75, 3.05) is 0 Å². The predicted octanol–water partition coefficient (Wildman–Crippen LogP) is 13.1. The molecule has 2 N–H and O–H groups in total. The zero-order valence-electron chi connectivity index (χ0n) is 30.7. The van der Waals surface area contributed by atoms with Crippen molar-refractivity contribution >= 4 is 81.1 Å². The molecule has 0 bridgehead atoms. The van der Waals surface area contributed by atoms with Gasteiger partial charge in [-0.3, -0.25) is 5.32 Å². The van der Waals surface area contributed by atoms with Crippen molar-refractivity contribution in [3.63, 3.8) is 0 Å². The van der Waals surface area contributed by atoms with E-state index < -0.39 is 0 Å². The molecule has 1 aliphatic heterocycles.